The number of esters is 1. The van der Waals surface area contributed by atoms with E-state index in [0.29, 0.717) is 62.4 Å². The minimum Gasteiger partial charge on any atom is -0.490 e. The van der Waals surface area contributed by atoms with Crippen molar-refractivity contribution >= 4 is 40.7 Å². The summed E-state index contributed by atoms with van der Waals surface area (Å²) in [5, 5.41) is 11.3. The van der Waals surface area contributed by atoms with Crippen LogP contribution in [0.15, 0.2) is 74.0 Å². The van der Waals surface area contributed by atoms with Crippen molar-refractivity contribution in [1.29, 1.82) is 0 Å². The van der Waals surface area contributed by atoms with Crippen molar-refractivity contribution in [2.75, 3.05) is 19.8 Å². The SMILES string of the molecule is CCOC(=O)C1=C(C)N=c2s/c(=C\c3ccc(-c4ccc(Cl)c([N+](=O)[O-])c4)o3)c(=O)n2[C@@H]1c1ccc(OCC)c(OCC)c1. The number of furan rings is 1. The van der Waals surface area contributed by atoms with Gasteiger partial charge in [0.1, 0.15) is 16.5 Å². The Hall–Kier alpha value is -4.68. The van der Waals surface area contributed by atoms with Gasteiger partial charge in [-0.15, -0.1) is 0 Å². The third-order valence-electron chi connectivity index (χ3n) is 6.73. The van der Waals surface area contributed by atoms with Gasteiger partial charge in [0.05, 0.1) is 46.6 Å². The fourth-order valence-electron chi connectivity index (χ4n) is 4.87. The number of nitrogens with zero attached hydrogens (tertiary/aromatic N) is 3. The van der Waals surface area contributed by atoms with Gasteiger partial charge in [-0.3, -0.25) is 19.5 Å². The van der Waals surface area contributed by atoms with Crippen LogP contribution in [0.3, 0.4) is 0 Å². The number of aromatic nitrogens is 1. The normalized spacial score (nSPS) is 14.7. The molecule has 5 rings (SSSR count). The van der Waals surface area contributed by atoms with Gasteiger partial charge in [0.15, 0.2) is 16.3 Å². The van der Waals surface area contributed by atoms with Gasteiger partial charge in [0.25, 0.3) is 11.2 Å². The molecule has 1 aliphatic rings. The number of halogens is 1. The number of ether oxygens (including phenoxy) is 3. The van der Waals surface area contributed by atoms with Crippen LogP contribution in [-0.4, -0.2) is 35.3 Å². The van der Waals surface area contributed by atoms with Gasteiger partial charge in [0, 0.05) is 17.7 Å². The lowest BCUT2D eigenvalue weighted by Crippen LogP contribution is -2.40. The van der Waals surface area contributed by atoms with Crippen LogP contribution in [0.1, 0.15) is 45.1 Å². The number of allylic oxidation sites excluding steroid dienone is 1. The molecule has 0 aliphatic carbocycles. The number of carbonyl (C=O) groups is 1. The maximum absolute atomic E-state index is 14.0. The summed E-state index contributed by atoms with van der Waals surface area (Å²) < 4.78 is 24.6. The van der Waals surface area contributed by atoms with Gasteiger partial charge >= 0.3 is 5.97 Å². The van der Waals surface area contributed by atoms with Gasteiger partial charge in [-0.2, -0.15) is 0 Å². The van der Waals surface area contributed by atoms with Crippen LogP contribution in [0.5, 0.6) is 11.5 Å². The van der Waals surface area contributed by atoms with Crippen LogP contribution < -0.4 is 24.4 Å². The van der Waals surface area contributed by atoms with E-state index in [0.717, 1.165) is 11.3 Å². The van der Waals surface area contributed by atoms with Crippen molar-refractivity contribution in [1.82, 2.24) is 4.57 Å². The summed E-state index contributed by atoms with van der Waals surface area (Å²) in [6, 6.07) is 12.1. The zero-order valence-corrected chi connectivity index (χ0v) is 25.9. The minimum atomic E-state index is -0.843. The second kappa shape index (κ2) is 12.9. The third-order valence-corrected chi connectivity index (χ3v) is 8.03. The molecule has 3 heterocycles. The van der Waals surface area contributed by atoms with Crippen molar-refractivity contribution in [3.63, 3.8) is 0 Å². The number of benzene rings is 2. The summed E-state index contributed by atoms with van der Waals surface area (Å²) in [5.41, 5.74) is 1.11. The maximum atomic E-state index is 14.0. The fraction of sp³-hybridized carbons (Fsp3) is 0.258. The molecular formula is C31H28ClN3O8S. The van der Waals surface area contributed by atoms with E-state index in [4.69, 9.17) is 30.2 Å². The first-order valence-corrected chi connectivity index (χ1v) is 15.0. The summed E-state index contributed by atoms with van der Waals surface area (Å²) >= 11 is 7.09. The van der Waals surface area contributed by atoms with Crippen molar-refractivity contribution in [3.05, 3.63) is 106 Å². The van der Waals surface area contributed by atoms with E-state index >= 15 is 0 Å². The first-order valence-electron chi connectivity index (χ1n) is 13.8. The van der Waals surface area contributed by atoms with Crippen molar-refractivity contribution in [2.45, 2.75) is 33.7 Å². The lowest BCUT2D eigenvalue weighted by molar-refractivity contribution is -0.384. The van der Waals surface area contributed by atoms with Gasteiger partial charge in [0.2, 0.25) is 0 Å². The van der Waals surface area contributed by atoms with Crippen LogP contribution in [0, 0.1) is 10.1 Å². The van der Waals surface area contributed by atoms with Crippen LogP contribution in [-0.2, 0) is 9.53 Å². The Kier molecular flexibility index (Phi) is 9.02. The highest BCUT2D eigenvalue weighted by atomic mass is 35.5. The molecule has 1 atom stereocenters. The largest absolute Gasteiger partial charge is 0.490 e. The van der Waals surface area contributed by atoms with Gasteiger partial charge < -0.3 is 18.6 Å². The van der Waals surface area contributed by atoms with E-state index in [-0.39, 0.29) is 28.4 Å². The highest BCUT2D eigenvalue weighted by Crippen LogP contribution is 2.36. The minimum absolute atomic E-state index is 0.0135. The standard InChI is InChI=1S/C31H28ClN3O8S/c1-5-40-24-12-9-19(15-25(24)41-6-2)28-27(30(37)42-7-3)17(4)33-31-34(28)29(36)26(44-31)16-20-10-13-23(43-20)18-8-11-21(32)22(14-18)35(38)39/h8-16,28H,5-7H2,1-4H3/b26-16-/t28-/m1/s1. The van der Waals surface area contributed by atoms with Crippen molar-refractivity contribution in [3.8, 4) is 22.8 Å². The maximum Gasteiger partial charge on any atom is 0.338 e. The average molecular weight is 638 g/mol. The molecule has 0 N–H and O–H groups in total. The molecule has 0 amide bonds. The third kappa shape index (κ3) is 5.90. The van der Waals surface area contributed by atoms with E-state index in [1.165, 1.54) is 16.7 Å². The Morgan fingerprint density at radius 2 is 1.84 bits per heavy atom. The molecule has 44 heavy (non-hydrogen) atoms. The number of carbonyl (C=O) groups excluding carboxylic acids is 1. The van der Waals surface area contributed by atoms with E-state index in [9.17, 15) is 19.7 Å². The Bertz CT molecular complexity index is 1970. The summed E-state index contributed by atoms with van der Waals surface area (Å²) in [4.78, 5) is 43.0. The molecule has 13 heteroatoms. The monoisotopic (exact) mass is 637 g/mol. The number of fused-ring (bicyclic) bond motifs is 1. The zero-order chi connectivity index (χ0) is 31.5. The predicted octanol–water partition coefficient (Wildman–Crippen LogP) is 5.42. The number of rotatable bonds is 10. The van der Waals surface area contributed by atoms with Crippen LogP contribution >= 0.6 is 22.9 Å². The molecule has 2 aromatic carbocycles. The lowest BCUT2D eigenvalue weighted by Gasteiger charge is -2.25. The second-order valence-electron chi connectivity index (χ2n) is 9.50. The number of hydrogen-bond acceptors (Lipinski definition) is 10. The molecule has 11 nitrogen and oxygen atoms in total. The van der Waals surface area contributed by atoms with E-state index < -0.39 is 16.9 Å². The number of thiazole rings is 1. The fourth-order valence-corrected chi connectivity index (χ4v) is 6.08. The molecule has 0 spiro atoms. The van der Waals surface area contributed by atoms with Gasteiger partial charge in [-0.25, -0.2) is 9.79 Å². The Morgan fingerprint density at radius 1 is 1.09 bits per heavy atom. The smallest absolute Gasteiger partial charge is 0.338 e. The van der Waals surface area contributed by atoms with Crippen LogP contribution in [0.2, 0.25) is 5.02 Å². The zero-order valence-electron chi connectivity index (χ0n) is 24.3. The second-order valence-corrected chi connectivity index (χ2v) is 10.9. The van der Waals surface area contributed by atoms with Crippen LogP contribution in [0.25, 0.3) is 17.4 Å². The summed E-state index contributed by atoms with van der Waals surface area (Å²) in [5.74, 6) is 1.16. The number of hydrogen-bond donors (Lipinski definition) is 0. The van der Waals surface area contributed by atoms with Crippen molar-refractivity contribution in [2.24, 2.45) is 4.99 Å². The molecule has 0 unspecified atom stereocenters. The predicted molar refractivity (Wildman–Crippen MR) is 165 cm³/mol. The summed E-state index contributed by atoms with van der Waals surface area (Å²) in [6.45, 7) is 8.12. The number of nitro groups is 1. The van der Waals surface area contributed by atoms with E-state index in [1.54, 1.807) is 56.3 Å². The van der Waals surface area contributed by atoms with Crippen LogP contribution in [0.4, 0.5) is 5.69 Å². The first kappa shape index (κ1) is 30.8. The lowest BCUT2D eigenvalue weighted by atomic mass is 9.95. The Labute approximate surface area is 260 Å². The van der Waals surface area contributed by atoms with E-state index in [2.05, 4.69) is 4.99 Å². The van der Waals surface area contributed by atoms with E-state index in [1.807, 2.05) is 13.8 Å². The molecule has 4 aromatic rings. The van der Waals surface area contributed by atoms with Gasteiger partial charge in [-0.1, -0.05) is 29.0 Å². The topological polar surface area (TPSA) is 135 Å². The summed E-state index contributed by atoms with van der Waals surface area (Å²) in [6.07, 6.45) is 1.57. The quantitative estimate of drug-likeness (QED) is 0.128. The Balaban J connectivity index is 1.63. The Morgan fingerprint density at radius 3 is 2.55 bits per heavy atom. The molecule has 228 valence electrons. The molecule has 0 bridgehead atoms. The molecule has 0 saturated carbocycles. The molecular weight excluding hydrogens is 610 g/mol. The van der Waals surface area contributed by atoms with Gasteiger partial charge in [-0.05, 0) is 69.7 Å². The highest BCUT2D eigenvalue weighted by Gasteiger charge is 2.34. The molecule has 0 radical (unpaired) electrons. The molecule has 0 saturated heterocycles. The molecule has 1 aliphatic heterocycles. The molecule has 2 aromatic heterocycles. The first-order chi connectivity index (χ1) is 21.2. The highest BCUT2D eigenvalue weighted by molar-refractivity contribution is 7.07. The van der Waals surface area contributed by atoms with Crippen molar-refractivity contribution < 1.29 is 28.3 Å². The number of nitro benzene ring substituents is 1. The molecule has 0 fully saturated rings. The summed E-state index contributed by atoms with van der Waals surface area (Å²) in [7, 11) is 0. The average Bonchev–Trinajstić information content (AvgIpc) is 3.58.